The number of methoxy groups -OCH3 is 1. The zero-order valence-corrected chi connectivity index (χ0v) is 15.1. The molecule has 0 atom stereocenters. The zero-order valence-electron chi connectivity index (χ0n) is 13.6. The van der Waals surface area contributed by atoms with Gasteiger partial charge < -0.3 is 9.47 Å². The predicted molar refractivity (Wildman–Crippen MR) is 95.5 cm³/mol. The Bertz CT molecular complexity index is 688. The van der Waals surface area contributed by atoms with Crippen LogP contribution in [0.15, 0.2) is 40.9 Å². The summed E-state index contributed by atoms with van der Waals surface area (Å²) in [6.07, 6.45) is 4.52. The summed E-state index contributed by atoms with van der Waals surface area (Å²) >= 11 is 3.39. The summed E-state index contributed by atoms with van der Waals surface area (Å²) in [5.41, 5.74) is 1.59. The SMILES string of the molecule is COc1ccc(CCCCCOc2ccc(C=O)cc2Br)cc1F. The van der Waals surface area contributed by atoms with E-state index < -0.39 is 0 Å². The number of unbranched alkanes of at least 4 members (excludes halogenated alkanes) is 2. The molecule has 0 saturated heterocycles. The summed E-state index contributed by atoms with van der Waals surface area (Å²) in [5, 5.41) is 0. The van der Waals surface area contributed by atoms with E-state index in [9.17, 15) is 9.18 Å². The second kappa shape index (κ2) is 9.42. The molecule has 0 saturated carbocycles. The molecule has 2 aromatic carbocycles. The molecule has 0 amide bonds. The number of hydrogen-bond donors (Lipinski definition) is 0. The van der Waals surface area contributed by atoms with E-state index in [0.29, 0.717) is 12.2 Å². The second-order valence-corrected chi connectivity index (χ2v) is 6.29. The number of halogens is 2. The largest absolute Gasteiger partial charge is 0.494 e. The lowest BCUT2D eigenvalue weighted by Gasteiger charge is -2.09. The number of benzene rings is 2. The van der Waals surface area contributed by atoms with Crippen LogP contribution in [0.25, 0.3) is 0 Å². The van der Waals surface area contributed by atoms with Crippen LogP contribution in [0.2, 0.25) is 0 Å². The van der Waals surface area contributed by atoms with Gasteiger partial charge in [-0.25, -0.2) is 4.39 Å². The van der Waals surface area contributed by atoms with Gasteiger partial charge >= 0.3 is 0 Å². The van der Waals surface area contributed by atoms with Gasteiger partial charge in [0.25, 0.3) is 0 Å². The zero-order chi connectivity index (χ0) is 17.4. The summed E-state index contributed by atoms with van der Waals surface area (Å²) in [7, 11) is 1.46. The van der Waals surface area contributed by atoms with E-state index >= 15 is 0 Å². The quantitative estimate of drug-likeness (QED) is 0.433. The molecule has 0 bridgehead atoms. The molecule has 0 radical (unpaired) electrons. The minimum Gasteiger partial charge on any atom is -0.494 e. The predicted octanol–water partition coefficient (Wildman–Crippen LogP) is 5.20. The molecule has 0 aliphatic heterocycles. The number of hydrogen-bond acceptors (Lipinski definition) is 3. The molecule has 128 valence electrons. The first kappa shape index (κ1) is 18.5. The maximum absolute atomic E-state index is 13.6. The van der Waals surface area contributed by atoms with Gasteiger partial charge in [0.15, 0.2) is 11.6 Å². The van der Waals surface area contributed by atoms with Crippen molar-refractivity contribution >= 4 is 22.2 Å². The van der Waals surface area contributed by atoms with Crippen molar-refractivity contribution in [3.8, 4) is 11.5 Å². The number of rotatable bonds is 9. The van der Waals surface area contributed by atoms with E-state index in [-0.39, 0.29) is 11.6 Å². The van der Waals surface area contributed by atoms with Crippen LogP contribution in [0.1, 0.15) is 35.2 Å². The molecule has 0 aromatic heterocycles. The molecule has 0 unspecified atom stereocenters. The molecule has 0 aliphatic rings. The fourth-order valence-electron chi connectivity index (χ4n) is 2.36. The van der Waals surface area contributed by atoms with Crippen LogP contribution < -0.4 is 9.47 Å². The van der Waals surface area contributed by atoms with E-state index in [1.54, 1.807) is 24.3 Å². The van der Waals surface area contributed by atoms with Gasteiger partial charge in [-0.15, -0.1) is 0 Å². The molecule has 0 N–H and O–H groups in total. The van der Waals surface area contributed by atoms with Crippen molar-refractivity contribution in [3.05, 3.63) is 57.8 Å². The van der Waals surface area contributed by atoms with Crippen LogP contribution >= 0.6 is 15.9 Å². The maximum Gasteiger partial charge on any atom is 0.165 e. The topological polar surface area (TPSA) is 35.5 Å². The smallest absolute Gasteiger partial charge is 0.165 e. The van der Waals surface area contributed by atoms with Crippen LogP contribution in [-0.2, 0) is 6.42 Å². The van der Waals surface area contributed by atoms with Crippen LogP contribution in [0.5, 0.6) is 11.5 Å². The lowest BCUT2D eigenvalue weighted by Crippen LogP contribution is -1.99. The van der Waals surface area contributed by atoms with Crippen molar-refractivity contribution in [1.82, 2.24) is 0 Å². The second-order valence-electron chi connectivity index (χ2n) is 5.44. The molecule has 5 heteroatoms. The Morgan fingerprint density at radius 3 is 2.54 bits per heavy atom. The Morgan fingerprint density at radius 2 is 1.88 bits per heavy atom. The molecule has 2 rings (SSSR count). The van der Waals surface area contributed by atoms with Gasteiger partial charge in [-0.05, 0) is 77.5 Å². The van der Waals surface area contributed by atoms with Gasteiger partial charge in [0.1, 0.15) is 12.0 Å². The Hall–Kier alpha value is -1.88. The lowest BCUT2D eigenvalue weighted by molar-refractivity contribution is 0.112. The molecular weight excluding hydrogens is 375 g/mol. The third kappa shape index (κ3) is 5.34. The third-order valence-electron chi connectivity index (χ3n) is 3.68. The van der Waals surface area contributed by atoms with Crippen molar-refractivity contribution in [2.45, 2.75) is 25.7 Å². The van der Waals surface area contributed by atoms with E-state index in [2.05, 4.69) is 15.9 Å². The minimum absolute atomic E-state index is 0.276. The van der Waals surface area contributed by atoms with E-state index in [0.717, 1.165) is 47.8 Å². The number of aryl methyl sites for hydroxylation is 1. The van der Waals surface area contributed by atoms with Crippen LogP contribution in [-0.4, -0.2) is 20.0 Å². The highest BCUT2D eigenvalue weighted by Crippen LogP contribution is 2.26. The van der Waals surface area contributed by atoms with Crippen molar-refractivity contribution in [3.63, 3.8) is 0 Å². The molecular formula is C19H20BrFO3. The van der Waals surface area contributed by atoms with Gasteiger partial charge in [0.2, 0.25) is 0 Å². The monoisotopic (exact) mass is 394 g/mol. The number of carbonyl (C=O) groups is 1. The first-order chi connectivity index (χ1) is 11.6. The summed E-state index contributed by atoms with van der Waals surface area (Å²) in [4.78, 5) is 10.7. The highest BCUT2D eigenvalue weighted by Gasteiger charge is 2.04. The van der Waals surface area contributed by atoms with Gasteiger partial charge in [-0.3, -0.25) is 4.79 Å². The summed E-state index contributed by atoms with van der Waals surface area (Å²) in [5.74, 6) is 0.693. The molecule has 0 spiro atoms. The average molecular weight is 395 g/mol. The van der Waals surface area contributed by atoms with Gasteiger partial charge in [-0.1, -0.05) is 6.07 Å². The summed E-state index contributed by atoms with van der Waals surface area (Å²) in [6, 6.07) is 10.3. The van der Waals surface area contributed by atoms with Crippen molar-refractivity contribution in [2.24, 2.45) is 0 Å². The highest BCUT2D eigenvalue weighted by molar-refractivity contribution is 9.10. The fraction of sp³-hybridized carbons (Fsp3) is 0.316. The Balaban J connectivity index is 1.68. The highest BCUT2D eigenvalue weighted by atomic mass is 79.9. The maximum atomic E-state index is 13.6. The lowest BCUT2D eigenvalue weighted by atomic mass is 10.1. The van der Waals surface area contributed by atoms with E-state index in [1.807, 2.05) is 6.07 Å². The standard InChI is InChI=1S/C19H20BrFO3/c1-23-19-9-6-14(12-17(19)21)5-3-2-4-10-24-18-8-7-15(13-22)11-16(18)20/h6-9,11-13H,2-5,10H2,1H3. The Kier molecular flexibility index (Phi) is 7.25. The molecule has 2 aromatic rings. The van der Waals surface area contributed by atoms with Gasteiger partial charge in [0.05, 0.1) is 18.2 Å². The van der Waals surface area contributed by atoms with Gasteiger partial charge in [0, 0.05) is 5.56 Å². The molecule has 3 nitrogen and oxygen atoms in total. The number of aldehydes is 1. The van der Waals surface area contributed by atoms with Crippen molar-refractivity contribution in [2.75, 3.05) is 13.7 Å². The molecule has 0 fully saturated rings. The minimum atomic E-state index is -0.318. The molecule has 0 heterocycles. The van der Waals surface area contributed by atoms with Crippen molar-refractivity contribution in [1.29, 1.82) is 0 Å². The number of carbonyl (C=O) groups excluding carboxylic acids is 1. The van der Waals surface area contributed by atoms with Crippen LogP contribution in [0.4, 0.5) is 4.39 Å². The first-order valence-electron chi connectivity index (χ1n) is 7.84. The third-order valence-corrected chi connectivity index (χ3v) is 4.30. The van der Waals surface area contributed by atoms with E-state index in [1.165, 1.54) is 13.2 Å². The fourth-order valence-corrected chi connectivity index (χ4v) is 2.87. The Morgan fingerprint density at radius 1 is 1.08 bits per heavy atom. The normalized spacial score (nSPS) is 10.5. The summed E-state index contributed by atoms with van der Waals surface area (Å²) in [6.45, 7) is 0.607. The van der Waals surface area contributed by atoms with E-state index in [4.69, 9.17) is 9.47 Å². The van der Waals surface area contributed by atoms with Gasteiger partial charge in [-0.2, -0.15) is 0 Å². The number of ether oxygens (including phenoxy) is 2. The van der Waals surface area contributed by atoms with Crippen LogP contribution in [0, 0.1) is 5.82 Å². The van der Waals surface area contributed by atoms with Crippen LogP contribution in [0.3, 0.4) is 0 Å². The molecule has 24 heavy (non-hydrogen) atoms. The Labute approximate surface area is 149 Å². The average Bonchev–Trinajstić information content (AvgIpc) is 2.59. The van der Waals surface area contributed by atoms with Crippen molar-refractivity contribution < 1.29 is 18.7 Å². The summed E-state index contributed by atoms with van der Waals surface area (Å²) < 4.78 is 25.0. The molecule has 0 aliphatic carbocycles. The first-order valence-corrected chi connectivity index (χ1v) is 8.63.